The van der Waals surface area contributed by atoms with Gasteiger partial charge in [-0.05, 0) is 163 Å². The van der Waals surface area contributed by atoms with Crippen molar-refractivity contribution in [3.63, 3.8) is 0 Å². The molecule has 0 unspecified atom stereocenters. The summed E-state index contributed by atoms with van der Waals surface area (Å²) < 4.78 is 9.12. The molecule has 0 bridgehead atoms. The summed E-state index contributed by atoms with van der Waals surface area (Å²) in [5.41, 5.74) is 25.6. The molecule has 3 heteroatoms. The second-order valence-corrected chi connectivity index (χ2v) is 20.3. The van der Waals surface area contributed by atoms with E-state index in [1.54, 1.807) is 0 Å². The molecule has 12 aromatic carbocycles. The van der Waals surface area contributed by atoms with Crippen molar-refractivity contribution in [1.82, 2.24) is 4.57 Å². The number of nitrogens with zero attached hydrogens (tertiary/aromatic N) is 2. The molecule has 354 valence electrons. The topological polar surface area (TPSA) is 21.3 Å². The van der Waals surface area contributed by atoms with Crippen LogP contribution in [0.2, 0.25) is 0 Å². The summed E-state index contributed by atoms with van der Waals surface area (Å²) in [5, 5.41) is 4.59. The largest absolute Gasteiger partial charge is 0.456 e. The predicted molar refractivity (Wildman–Crippen MR) is 315 cm³/mol. The fraction of sp³-hybridized carbons (Fsp3) is 0.0137. The van der Waals surface area contributed by atoms with Crippen LogP contribution in [0, 0.1) is 0 Å². The minimum atomic E-state index is -0.404. The number of hydrogen-bond acceptors (Lipinski definition) is 2. The van der Waals surface area contributed by atoms with Crippen LogP contribution in [0.3, 0.4) is 0 Å². The monoisotopic (exact) mass is 966 g/mol. The van der Waals surface area contributed by atoms with E-state index in [2.05, 4.69) is 289 Å². The standard InChI is InChI=1S/C73H46N2O/c1-3-16-47(17-4-1)48-30-37-54(38-31-48)74(55-39-32-49(33-40-55)52-34-41-59-58-22-9-13-26-65(58)73(66(59)46-52)63-24-11-7-20-56(63)57-21-8-12-25-64(57)73)69-28-15-29-71-72(69)62-45-51(36-43-70(62)76-71)50-35-42-68-61(44-50)60-23-10-14-27-67(60)75(68)53-18-5-2-6-19-53/h1-46H. The Hall–Kier alpha value is -9.96. The van der Waals surface area contributed by atoms with Crippen molar-refractivity contribution < 1.29 is 4.42 Å². The SMILES string of the molecule is c1ccc(-c2ccc(N(c3ccc(-c4ccc5c(c4)C4(c6ccccc6-c6ccccc64)c4ccccc4-5)cc3)c3cccc4oc5ccc(-c6ccc7c(c6)c6ccccc6n7-c6ccccc6)cc5c34)cc2)cc1. The molecule has 0 fully saturated rings. The van der Waals surface area contributed by atoms with E-state index in [0.29, 0.717) is 0 Å². The first-order valence-corrected chi connectivity index (χ1v) is 26.2. The third-order valence-corrected chi connectivity index (χ3v) is 16.4. The summed E-state index contributed by atoms with van der Waals surface area (Å²) in [4.78, 5) is 2.40. The molecule has 16 rings (SSSR count). The molecule has 2 aromatic heterocycles. The third kappa shape index (κ3) is 6.17. The molecule has 2 aliphatic carbocycles. The first-order chi connectivity index (χ1) is 37.7. The minimum absolute atomic E-state index is 0.404. The highest BCUT2D eigenvalue weighted by Crippen LogP contribution is 2.63. The van der Waals surface area contributed by atoms with E-state index in [9.17, 15) is 0 Å². The van der Waals surface area contributed by atoms with E-state index in [4.69, 9.17) is 4.42 Å². The molecule has 2 heterocycles. The minimum Gasteiger partial charge on any atom is -0.456 e. The highest BCUT2D eigenvalue weighted by atomic mass is 16.3. The van der Waals surface area contributed by atoms with Crippen molar-refractivity contribution in [2.45, 2.75) is 5.41 Å². The first-order valence-electron chi connectivity index (χ1n) is 26.2. The molecule has 0 atom stereocenters. The van der Waals surface area contributed by atoms with Gasteiger partial charge in [-0.2, -0.15) is 0 Å². The zero-order valence-electron chi connectivity index (χ0n) is 41.4. The number of benzene rings is 12. The Morgan fingerprint density at radius 2 is 0.789 bits per heavy atom. The van der Waals surface area contributed by atoms with Gasteiger partial charge in [0.05, 0.1) is 27.5 Å². The predicted octanol–water partition coefficient (Wildman–Crippen LogP) is 19.5. The van der Waals surface area contributed by atoms with Crippen molar-refractivity contribution in [3.05, 3.63) is 301 Å². The summed E-state index contributed by atoms with van der Waals surface area (Å²) in [6.07, 6.45) is 0. The van der Waals surface area contributed by atoms with E-state index in [-0.39, 0.29) is 0 Å². The lowest BCUT2D eigenvalue weighted by Crippen LogP contribution is -2.25. The van der Waals surface area contributed by atoms with Gasteiger partial charge in [-0.25, -0.2) is 0 Å². The van der Waals surface area contributed by atoms with Gasteiger partial charge in [0.1, 0.15) is 11.2 Å². The third-order valence-electron chi connectivity index (χ3n) is 16.4. The number of rotatable bonds is 7. The maximum absolute atomic E-state index is 6.75. The Balaban J connectivity index is 0.836. The van der Waals surface area contributed by atoms with Crippen LogP contribution in [0.1, 0.15) is 22.3 Å². The molecule has 3 nitrogen and oxygen atoms in total. The van der Waals surface area contributed by atoms with Crippen molar-refractivity contribution in [2.24, 2.45) is 0 Å². The van der Waals surface area contributed by atoms with Gasteiger partial charge in [0.15, 0.2) is 0 Å². The van der Waals surface area contributed by atoms with E-state index in [1.165, 1.54) is 83.0 Å². The van der Waals surface area contributed by atoms with Gasteiger partial charge >= 0.3 is 0 Å². The quantitative estimate of drug-likeness (QED) is 0.159. The molecule has 0 aliphatic heterocycles. The summed E-state index contributed by atoms with van der Waals surface area (Å²) in [7, 11) is 0. The average Bonchev–Trinajstić information content (AvgIpc) is 4.42. The van der Waals surface area contributed by atoms with Crippen LogP contribution in [0.25, 0.3) is 105 Å². The number of aromatic nitrogens is 1. The maximum Gasteiger partial charge on any atom is 0.137 e. The van der Waals surface area contributed by atoms with Gasteiger partial charge in [0, 0.05) is 33.2 Å². The van der Waals surface area contributed by atoms with E-state index >= 15 is 0 Å². The summed E-state index contributed by atoms with van der Waals surface area (Å²) >= 11 is 0. The van der Waals surface area contributed by atoms with E-state index in [1.807, 2.05) is 0 Å². The Kier molecular flexibility index (Phi) is 9.25. The maximum atomic E-state index is 6.75. The number of hydrogen-bond donors (Lipinski definition) is 0. The zero-order chi connectivity index (χ0) is 49.9. The molecular weight excluding hydrogens is 921 g/mol. The van der Waals surface area contributed by atoms with Crippen LogP contribution >= 0.6 is 0 Å². The highest BCUT2D eigenvalue weighted by Gasteiger charge is 2.51. The van der Waals surface area contributed by atoms with Crippen LogP contribution in [-0.4, -0.2) is 4.57 Å². The van der Waals surface area contributed by atoms with Crippen molar-refractivity contribution in [3.8, 4) is 61.3 Å². The molecular formula is C73H46N2O. The number of furan rings is 1. The Morgan fingerprint density at radius 1 is 0.303 bits per heavy atom. The summed E-state index contributed by atoms with van der Waals surface area (Å²) in [6.45, 7) is 0. The van der Waals surface area contributed by atoms with Gasteiger partial charge < -0.3 is 13.9 Å². The Morgan fingerprint density at radius 3 is 1.46 bits per heavy atom. The van der Waals surface area contributed by atoms with E-state index in [0.717, 1.165) is 61.4 Å². The van der Waals surface area contributed by atoms with Crippen LogP contribution in [0.5, 0.6) is 0 Å². The number of anilines is 3. The molecule has 0 N–H and O–H groups in total. The smallest absolute Gasteiger partial charge is 0.137 e. The van der Waals surface area contributed by atoms with Crippen LogP contribution in [-0.2, 0) is 5.41 Å². The molecule has 14 aromatic rings. The van der Waals surface area contributed by atoms with E-state index < -0.39 is 5.41 Å². The molecule has 76 heavy (non-hydrogen) atoms. The fourth-order valence-corrected chi connectivity index (χ4v) is 13.1. The van der Waals surface area contributed by atoms with Gasteiger partial charge in [-0.3, -0.25) is 0 Å². The molecule has 0 saturated heterocycles. The van der Waals surface area contributed by atoms with Crippen LogP contribution < -0.4 is 4.90 Å². The van der Waals surface area contributed by atoms with Crippen molar-refractivity contribution in [2.75, 3.05) is 4.90 Å². The lowest BCUT2D eigenvalue weighted by atomic mass is 9.70. The average molecular weight is 967 g/mol. The lowest BCUT2D eigenvalue weighted by Gasteiger charge is -2.30. The molecule has 0 radical (unpaired) electrons. The number of fused-ring (bicyclic) bond motifs is 16. The molecule has 2 aliphatic rings. The first kappa shape index (κ1) is 42.5. The zero-order valence-corrected chi connectivity index (χ0v) is 41.4. The van der Waals surface area contributed by atoms with Gasteiger partial charge in [-0.1, -0.05) is 194 Å². The van der Waals surface area contributed by atoms with Gasteiger partial charge in [-0.15, -0.1) is 0 Å². The van der Waals surface area contributed by atoms with Gasteiger partial charge in [0.2, 0.25) is 0 Å². The number of para-hydroxylation sites is 2. The Bertz CT molecular complexity index is 4560. The normalized spacial score (nSPS) is 12.8. The second kappa shape index (κ2) is 16.5. The second-order valence-electron chi connectivity index (χ2n) is 20.3. The summed E-state index contributed by atoms with van der Waals surface area (Å²) in [6, 6.07) is 102. The molecule has 0 amide bonds. The molecule has 0 saturated carbocycles. The van der Waals surface area contributed by atoms with Crippen molar-refractivity contribution >= 4 is 60.8 Å². The van der Waals surface area contributed by atoms with Crippen LogP contribution in [0.4, 0.5) is 17.1 Å². The molecule has 1 spiro atoms. The lowest BCUT2D eigenvalue weighted by molar-refractivity contribution is 0.669. The van der Waals surface area contributed by atoms with Gasteiger partial charge in [0.25, 0.3) is 0 Å². The fourth-order valence-electron chi connectivity index (χ4n) is 13.1. The summed E-state index contributed by atoms with van der Waals surface area (Å²) in [5.74, 6) is 0. The Labute approximate surface area is 440 Å². The highest BCUT2D eigenvalue weighted by molar-refractivity contribution is 6.15. The van der Waals surface area contributed by atoms with Crippen LogP contribution in [0.15, 0.2) is 283 Å². The van der Waals surface area contributed by atoms with Crippen molar-refractivity contribution in [1.29, 1.82) is 0 Å².